The third-order valence-corrected chi connectivity index (χ3v) is 8.66. The van der Waals surface area contributed by atoms with Crippen LogP contribution in [-0.2, 0) is 14.9 Å². The van der Waals surface area contributed by atoms with E-state index in [9.17, 15) is 13.2 Å². The first-order valence-electron chi connectivity index (χ1n) is 11.3. The number of hydrogen-bond acceptors (Lipinski definition) is 8. The standard InChI is InChI=1S/C17H18N2O4S4.C6H15N/c1-2-18-16(20)14(26-17(18)24)8-9-15-19(10-5-11-27(21,22)23)12-6-3-4-7-13(12)25-15;1-4-7(5-2)6-3/h3-4,6-9H,2,5,10-11H2,1H3,(H,21,22,23);4-6H2,1-3H3/b14-8+,15-9-;. The number of carbonyl (C=O) groups is 1. The first kappa shape index (κ1) is 28.9. The van der Waals surface area contributed by atoms with Crippen molar-refractivity contribution in [2.75, 3.05) is 43.4 Å². The Bertz CT molecular complexity index is 1030. The van der Waals surface area contributed by atoms with Crippen LogP contribution < -0.4 is 4.90 Å². The van der Waals surface area contributed by atoms with Crippen LogP contribution in [0.1, 0.15) is 34.1 Å². The van der Waals surface area contributed by atoms with Crippen LogP contribution in [0.5, 0.6) is 0 Å². The Morgan fingerprint density at radius 2 is 1.68 bits per heavy atom. The molecule has 7 nitrogen and oxygen atoms in total. The lowest BCUT2D eigenvalue weighted by Gasteiger charge is -2.19. The van der Waals surface area contributed by atoms with E-state index in [4.69, 9.17) is 16.8 Å². The normalized spacial score (nSPS) is 18.2. The predicted molar refractivity (Wildman–Crippen MR) is 148 cm³/mol. The number of anilines is 1. The maximum absolute atomic E-state index is 12.3. The number of para-hydroxylation sites is 1. The summed E-state index contributed by atoms with van der Waals surface area (Å²) >= 11 is 8.06. The van der Waals surface area contributed by atoms with Gasteiger partial charge in [0.05, 0.1) is 21.4 Å². The van der Waals surface area contributed by atoms with Crippen molar-refractivity contribution >= 4 is 61.8 Å². The maximum atomic E-state index is 12.3. The number of thiocarbonyl (C=S) groups is 1. The van der Waals surface area contributed by atoms with Crippen LogP contribution in [0.15, 0.2) is 51.2 Å². The number of rotatable bonds is 9. The van der Waals surface area contributed by atoms with Gasteiger partial charge in [0.2, 0.25) is 0 Å². The van der Waals surface area contributed by atoms with Gasteiger partial charge in [-0.25, -0.2) is 0 Å². The molecule has 1 N–H and O–H groups in total. The molecule has 1 aromatic rings. The van der Waals surface area contributed by atoms with Crippen LogP contribution in [0, 0.1) is 0 Å². The molecule has 0 atom stereocenters. The lowest BCUT2D eigenvalue weighted by molar-refractivity contribution is -0.122. The molecule has 11 heteroatoms. The van der Waals surface area contributed by atoms with Crippen molar-refractivity contribution in [3.05, 3.63) is 46.4 Å². The molecular weight excluding hydrogens is 511 g/mol. The number of hydrogen-bond donors (Lipinski definition) is 1. The van der Waals surface area contributed by atoms with E-state index in [1.807, 2.05) is 42.2 Å². The van der Waals surface area contributed by atoms with E-state index in [2.05, 4.69) is 25.7 Å². The summed E-state index contributed by atoms with van der Waals surface area (Å²) in [5, 5.41) is 0.897. The van der Waals surface area contributed by atoms with Crippen LogP contribution in [0.3, 0.4) is 0 Å². The lowest BCUT2D eigenvalue weighted by atomic mass is 10.3. The zero-order chi connectivity index (χ0) is 25.3. The van der Waals surface area contributed by atoms with Crippen LogP contribution in [0.4, 0.5) is 5.69 Å². The molecule has 2 aliphatic heterocycles. The topological polar surface area (TPSA) is 81.2 Å². The van der Waals surface area contributed by atoms with Crippen molar-refractivity contribution < 1.29 is 17.8 Å². The van der Waals surface area contributed by atoms with Crippen molar-refractivity contribution in [3.8, 4) is 0 Å². The minimum atomic E-state index is -3.99. The number of amides is 1. The zero-order valence-electron chi connectivity index (χ0n) is 20.1. The number of allylic oxidation sites excluding steroid dienone is 2. The van der Waals surface area contributed by atoms with E-state index in [0.717, 1.165) is 15.6 Å². The van der Waals surface area contributed by atoms with E-state index in [1.54, 1.807) is 22.7 Å². The van der Waals surface area contributed by atoms with Crippen molar-refractivity contribution in [2.24, 2.45) is 0 Å². The predicted octanol–water partition coefficient (Wildman–Crippen LogP) is 4.83. The summed E-state index contributed by atoms with van der Waals surface area (Å²) in [7, 11) is -3.99. The second-order valence-corrected chi connectivity index (χ2v) is 11.7. The van der Waals surface area contributed by atoms with Gasteiger partial charge < -0.3 is 9.80 Å². The fraction of sp³-hybridized carbons (Fsp3) is 0.478. The van der Waals surface area contributed by atoms with Gasteiger partial charge in [-0.2, -0.15) is 8.42 Å². The number of carbonyl (C=O) groups excluding carboxylic acids is 1. The van der Waals surface area contributed by atoms with Gasteiger partial charge in [-0.1, -0.05) is 68.6 Å². The highest BCUT2D eigenvalue weighted by atomic mass is 32.2. The highest BCUT2D eigenvalue weighted by Gasteiger charge is 2.31. The Kier molecular flexibility index (Phi) is 11.6. The van der Waals surface area contributed by atoms with E-state index >= 15 is 0 Å². The third kappa shape index (κ3) is 8.10. The van der Waals surface area contributed by atoms with Crippen molar-refractivity contribution in [2.45, 2.75) is 39.0 Å². The summed E-state index contributed by atoms with van der Waals surface area (Å²) in [5.41, 5.74) is 0.985. The SMILES string of the molecule is CCN(CC)CC.CCN1C(=O)/C(=C\C=C2/Sc3ccccc3N2CCCS(=O)(=O)O)SC1=S. The van der Waals surface area contributed by atoms with Gasteiger partial charge in [-0.05, 0) is 57.3 Å². The molecule has 1 fully saturated rings. The van der Waals surface area contributed by atoms with Crippen LogP contribution in [-0.4, -0.2) is 71.5 Å². The maximum Gasteiger partial charge on any atom is 0.266 e. The monoisotopic (exact) mass is 543 g/mol. The molecule has 0 aromatic heterocycles. The Hall–Kier alpha value is -1.37. The Morgan fingerprint density at radius 1 is 1.03 bits per heavy atom. The smallest absolute Gasteiger partial charge is 0.266 e. The average Bonchev–Trinajstić information content (AvgIpc) is 3.29. The molecule has 0 saturated carbocycles. The van der Waals surface area contributed by atoms with Gasteiger partial charge in [0, 0.05) is 18.0 Å². The van der Waals surface area contributed by atoms with Gasteiger partial charge in [0.15, 0.2) is 0 Å². The van der Waals surface area contributed by atoms with Crippen molar-refractivity contribution in [1.82, 2.24) is 9.80 Å². The van der Waals surface area contributed by atoms with Crippen LogP contribution >= 0.6 is 35.7 Å². The van der Waals surface area contributed by atoms with Crippen molar-refractivity contribution in [3.63, 3.8) is 0 Å². The second-order valence-electron chi connectivity index (χ2n) is 7.43. The summed E-state index contributed by atoms with van der Waals surface area (Å²) in [4.78, 5) is 19.9. The third-order valence-electron chi connectivity index (χ3n) is 5.33. The number of nitrogens with zero attached hydrogens (tertiary/aromatic N) is 3. The lowest BCUT2D eigenvalue weighted by Crippen LogP contribution is -2.27. The van der Waals surface area contributed by atoms with E-state index < -0.39 is 10.1 Å². The fourth-order valence-electron chi connectivity index (χ4n) is 3.42. The number of benzene rings is 1. The second kappa shape index (κ2) is 13.6. The molecular formula is C23H33N3O4S4. The minimum Gasteiger partial charge on any atom is -0.335 e. The number of likely N-dealkylation sites (N-methyl/N-ethyl adjacent to an activating group) is 1. The molecule has 0 bridgehead atoms. The molecule has 0 unspecified atom stereocenters. The summed E-state index contributed by atoms with van der Waals surface area (Å²) in [6.07, 6.45) is 3.92. The van der Waals surface area contributed by atoms with Gasteiger partial charge in [-0.3, -0.25) is 14.2 Å². The minimum absolute atomic E-state index is 0.0946. The van der Waals surface area contributed by atoms with E-state index in [-0.39, 0.29) is 11.7 Å². The quantitative estimate of drug-likeness (QED) is 0.268. The summed E-state index contributed by atoms with van der Waals surface area (Å²) in [6.45, 7) is 13.0. The van der Waals surface area contributed by atoms with Gasteiger partial charge >= 0.3 is 0 Å². The molecule has 1 aromatic carbocycles. The van der Waals surface area contributed by atoms with E-state index in [0.29, 0.717) is 28.7 Å². The Balaban J connectivity index is 0.000000509. The summed E-state index contributed by atoms with van der Waals surface area (Å²) in [6, 6.07) is 7.82. The molecule has 1 saturated heterocycles. The zero-order valence-corrected chi connectivity index (χ0v) is 23.3. The molecule has 34 heavy (non-hydrogen) atoms. The highest BCUT2D eigenvalue weighted by Crippen LogP contribution is 2.46. The summed E-state index contributed by atoms with van der Waals surface area (Å²) in [5.74, 6) is -0.388. The van der Waals surface area contributed by atoms with Crippen LogP contribution in [0.2, 0.25) is 0 Å². The van der Waals surface area contributed by atoms with Gasteiger partial charge in [-0.15, -0.1) is 0 Å². The largest absolute Gasteiger partial charge is 0.335 e. The molecule has 2 aliphatic rings. The van der Waals surface area contributed by atoms with Crippen LogP contribution in [0.25, 0.3) is 0 Å². The number of fused-ring (bicyclic) bond motifs is 1. The Labute approximate surface area is 217 Å². The first-order chi connectivity index (χ1) is 16.1. The average molecular weight is 544 g/mol. The molecule has 0 spiro atoms. The molecule has 188 valence electrons. The molecule has 3 rings (SSSR count). The fourth-order valence-corrected chi connectivity index (χ4v) is 6.33. The number of thioether (sulfide) groups is 2. The molecule has 2 heterocycles. The molecule has 0 radical (unpaired) electrons. The van der Waals surface area contributed by atoms with Gasteiger partial charge in [0.25, 0.3) is 16.0 Å². The summed E-state index contributed by atoms with van der Waals surface area (Å²) < 4.78 is 31.5. The van der Waals surface area contributed by atoms with Gasteiger partial charge in [0.1, 0.15) is 4.32 Å². The van der Waals surface area contributed by atoms with E-state index in [1.165, 1.54) is 31.4 Å². The van der Waals surface area contributed by atoms with Crippen molar-refractivity contribution in [1.29, 1.82) is 0 Å². The molecule has 0 aliphatic carbocycles. The molecule has 1 amide bonds. The first-order valence-corrected chi connectivity index (χ1v) is 15.0. The Morgan fingerprint density at radius 3 is 2.21 bits per heavy atom. The highest BCUT2D eigenvalue weighted by molar-refractivity contribution is 8.26.